The molecule has 0 atom stereocenters. The Morgan fingerprint density at radius 1 is 1.47 bits per heavy atom. The highest BCUT2D eigenvalue weighted by Gasteiger charge is 2.42. The molecular formula is C14H25NO4. The van der Waals surface area contributed by atoms with Gasteiger partial charge in [0.25, 0.3) is 0 Å². The quantitative estimate of drug-likeness (QED) is 0.456. The van der Waals surface area contributed by atoms with Gasteiger partial charge in [0.15, 0.2) is 0 Å². The Morgan fingerprint density at radius 2 is 2.05 bits per heavy atom. The van der Waals surface area contributed by atoms with Crippen LogP contribution >= 0.6 is 0 Å². The number of esters is 1. The standard InChI is InChI=1S/C10H18O2.C4H7NO2/c1-3-5-10(6-4-2)7-8-12-9(10)11;1-2-3-4(6)7-5/h3-8H2,1-2H3;2H,1,3,5H2. The second kappa shape index (κ2) is 9.55. The van der Waals surface area contributed by atoms with Gasteiger partial charge in [-0.3, -0.25) is 9.59 Å². The SMILES string of the molecule is C=CCC(=O)ON.CCCC1(CCC)CCOC1=O. The Hall–Kier alpha value is -1.36. The Morgan fingerprint density at radius 3 is 2.32 bits per heavy atom. The van der Waals surface area contributed by atoms with Crippen LogP contribution in [0.3, 0.4) is 0 Å². The van der Waals surface area contributed by atoms with Crippen LogP contribution in [0.1, 0.15) is 52.4 Å². The molecule has 5 heteroatoms. The molecule has 2 N–H and O–H groups in total. The predicted molar refractivity (Wildman–Crippen MR) is 72.9 cm³/mol. The Bertz CT molecular complexity index is 296. The van der Waals surface area contributed by atoms with E-state index >= 15 is 0 Å². The third-order valence-corrected chi connectivity index (χ3v) is 3.15. The number of hydrogen-bond acceptors (Lipinski definition) is 5. The number of carbonyl (C=O) groups excluding carboxylic acids is 2. The molecular weight excluding hydrogens is 246 g/mol. The van der Waals surface area contributed by atoms with E-state index in [2.05, 4.69) is 31.2 Å². The van der Waals surface area contributed by atoms with E-state index in [0.717, 1.165) is 32.1 Å². The summed E-state index contributed by atoms with van der Waals surface area (Å²) >= 11 is 0. The second-order valence-corrected chi connectivity index (χ2v) is 4.65. The lowest BCUT2D eigenvalue weighted by atomic mass is 9.78. The number of carbonyl (C=O) groups is 2. The molecule has 0 aromatic carbocycles. The van der Waals surface area contributed by atoms with E-state index < -0.39 is 5.97 Å². The van der Waals surface area contributed by atoms with Crippen LogP contribution in [-0.2, 0) is 19.2 Å². The molecule has 19 heavy (non-hydrogen) atoms. The lowest BCUT2D eigenvalue weighted by molar-refractivity contribution is -0.147. The summed E-state index contributed by atoms with van der Waals surface area (Å²) in [6.45, 7) is 8.19. The van der Waals surface area contributed by atoms with Gasteiger partial charge in [-0.25, -0.2) is 0 Å². The van der Waals surface area contributed by atoms with Crippen LogP contribution < -0.4 is 5.90 Å². The smallest absolute Gasteiger partial charge is 0.328 e. The number of cyclic esters (lactones) is 1. The third-order valence-electron chi connectivity index (χ3n) is 3.15. The summed E-state index contributed by atoms with van der Waals surface area (Å²) < 4.78 is 5.04. The number of nitrogens with two attached hydrogens (primary N) is 1. The zero-order chi connectivity index (χ0) is 14.7. The molecule has 1 fully saturated rings. The van der Waals surface area contributed by atoms with Crippen LogP contribution in [0.2, 0.25) is 0 Å². The molecule has 1 aliphatic heterocycles. The van der Waals surface area contributed by atoms with Crippen LogP contribution in [0.25, 0.3) is 0 Å². The molecule has 0 aromatic rings. The van der Waals surface area contributed by atoms with E-state index in [1.165, 1.54) is 6.08 Å². The van der Waals surface area contributed by atoms with Gasteiger partial charge in [0.2, 0.25) is 0 Å². The van der Waals surface area contributed by atoms with Gasteiger partial charge in [-0.1, -0.05) is 32.8 Å². The Balaban J connectivity index is 0.000000399. The van der Waals surface area contributed by atoms with Gasteiger partial charge in [-0.2, -0.15) is 5.90 Å². The fourth-order valence-electron chi connectivity index (χ4n) is 2.30. The second-order valence-electron chi connectivity index (χ2n) is 4.65. The zero-order valence-electron chi connectivity index (χ0n) is 11.9. The Labute approximate surface area is 115 Å². The van der Waals surface area contributed by atoms with Crippen LogP contribution in [0.15, 0.2) is 12.7 Å². The maximum absolute atomic E-state index is 11.5. The summed E-state index contributed by atoms with van der Waals surface area (Å²) in [6.07, 6.45) is 6.70. The normalized spacial score (nSPS) is 16.1. The van der Waals surface area contributed by atoms with Gasteiger partial charge < -0.3 is 9.57 Å². The van der Waals surface area contributed by atoms with Crippen LogP contribution in [0, 0.1) is 5.41 Å². The van der Waals surface area contributed by atoms with Crippen LogP contribution in [0.5, 0.6) is 0 Å². The molecule has 0 aliphatic carbocycles. The average molecular weight is 271 g/mol. The molecule has 1 saturated heterocycles. The first-order valence-electron chi connectivity index (χ1n) is 6.74. The fraction of sp³-hybridized carbons (Fsp3) is 0.714. The number of rotatable bonds is 6. The fourth-order valence-corrected chi connectivity index (χ4v) is 2.30. The molecule has 0 unspecified atom stereocenters. The maximum atomic E-state index is 11.5. The van der Waals surface area contributed by atoms with Gasteiger partial charge >= 0.3 is 11.9 Å². The molecule has 1 aliphatic rings. The molecule has 0 spiro atoms. The largest absolute Gasteiger partial charge is 0.465 e. The topological polar surface area (TPSA) is 78.6 Å². The van der Waals surface area contributed by atoms with E-state index in [0.29, 0.717) is 6.61 Å². The molecule has 0 saturated carbocycles. The van der Waals surface area contributed by atoms with Crippen LogP contribution in [0.4, 0.5) is 0 Å². The van der Waals surface area contributed by atoms with Crippen molar-refractivity contribution in [2.45, 2.75) is 52.4 Å². The third kappa shape index (κ3) is 5.87. The van der Waals surface area contributed by atoms with Crippen molar-refractivity contribution in [3.05, 3.63) is 12.7 Å². The van der Waals surface area contributed by atoms with E-state index in [1.807, 2.05) is 0 Å². The van der Waals surface area contributed by atoms with Gasteiger partial charge in [0.05, 0.1) is 18.4 Å². The number of hydrogen-bond donors (Lipinski definition) is 1. The lowest BCUT2D eigenvalue weighted by Crippen LogP contribution is -2.25. The number of ether oxygens (including phenoxy) is 1. The van der Waals surface area contributed by atoms with Crippen molar-refractivity contribution >= 4 is 11.9 Å². The van der Waals surface area contributed by atoms with E-state index in [1.54, 1.807) is 0 Å². The molecule has 0 radical (unpaired) electrons. The average Bonchev–Trinajstić information content (AvgIpc) is 2.73. The first kappa shape index (κ1) is 17.6. The van der Waals surface area contributed by atoms with Crippen molar-refractivity contribution < 1.29 is 19.2 Å². The summed E-state index contributed by atoms with van der Waals surface area (Å²) in [5.41, 5.74) is -0.108. The van der Waals surface area contributed by atoms with Gasteiger partial charge in [0.1, 0.15) is 0 Å². The first-order chi connectivity index (χ1) is 9.06. The highest BCUT2D eigenvalue weighted by molar-refractivity contribution is 5.78. The monoisotopic (exact) mass is 271 g/mol. The van der Waals surface area contributed by atoms with Crippen LogP contribution in [-0.4, -0.2) is 18.5 Å². The maximum Gasteiger partial charge on any atom is 0.328 e. The van der Waals surface area contributed by atoms with Gasteiger partial charge in [-0.05, 0) is 19.3 Å². The van der Waals surface area contributed by atoms with Gasteiger partial charge in [-0.15, -0.1) is 6.58 Å². The minimum absolute atomic E-state index is 0.0474. The molecule has 1 rings (SSSR count). The van der Waals surface area contributed by atoms with Crippen molar-refractivity contribution in [1.29, 1.82) is 0 Å². The van der Waals surface area contributed by atoms with Crippen molar-refractivity contribution in [3.8, 4) is 0 Å². The highest BCUT2D eigenvalue weighted by atomic mass is 16.7. The molecule has 0 aromatic heterocycles. The van der Waals surface area contributed by atoms with E-state index in [-0.39, 0.29) is 17.8 Å². The molecule has 0 amide bonds. The van der Waals surface area contributed by atoms with E-state index in [9.17, 15) is 9.59 Å². The van der Waals surface area contributed by atoms with Crippen molar-refractivity contribution in [2.24, 2.45) is 11.3 Å². The van der Waals surface area contributed by atoms with Crippen molar-refractivity contribution in [1.82, 2.24) is 0 Å². The summed E-state index contributed by atoms with van der Waals surface area (Å²) in [5.74, 6) is 4.05. The minimum Gasteiger partial charge on any atom is -0.465 e. The zero-order valence-corrected chi connectivity index (χ0v) is 11.9. The van der Waals surface area contributed by atoms with Gasteiger partial charge in [0, 0.05) is 0 Å². The summed E-state index contributed by atoms with van der Waals surface area (Å²) in [6, 6.07) is 0. The van der Waals surface area contributed by atoms with Crippen molar-refractivity contribution in [2.75, 3.05) is 6.61 Å². The highest BCUT2D eigenvalue weighted by Crippen LogP contribution is 2.39. The molecule has 0 bridgehead atoms. The van der Waals surface area contributed by atoms with Crippen molar-refractivity contribution in [3.63, 3.8) is 0 Å². The predicted octanol–water partition coefficient (Wildman–Crippen LogP) is 2.50. The lowest BCUT2D eigenvalue weighted by Gasteiger charge is -2.22. The summed E-state index contributed by atoms with van der Waals surface area (Å²) in [7, 11) is 0. The Kier molecular flexibility index (Phi) is 8.87. The summed E-state index contributed by atoms with van der Waals surface area (Å²) in [4.78, 5) is 25.2. The molecule has 110 valence electrons. The molecule has 5 nitrogen and oxygen atoms in total. The first-order valence-corrected chi connectivity index (χ1v) is 6.74. The minimum atomic E-state index is -0.463. The molecule has 1 heterocycles. The van der Waals surface area contributed by atoms with E-state index in [4.69, 9.17) is 4.74 Å². The summed E-state index contributed by atoms with van der Waals surface area (Å²) in [5, 5.41) is 0.